The molecule has 1 amide bonds. The van der Waals surface area contributed by atoms with Gasteiger partial charge in [-0.2, -0.15) is 0 Å². The second-order valence-electron chi connectivity index (χ2n) is 7.94. The summed E-state index contributed by atoms with van der Waals surface area (Å²) < 4.78 is 4.72. The number of hydrogen-bond acceptors (Lipinski definition) is 5. The molecule has 162 valence electrons. The van der Waals surface area contributed by atoms with Crippen molar-refractivity contribution in [2.75, 3.05) is 26.7 Å². The lowest BCUT2D eigenvalue weighted by Gasteiger charge is -2.31. The number of ether oxygens (including phenoxy) is 1. The molecule has 1 saturated heterocycles. The first-order valence-corrected chi connectivity index (χ1v) is 10.9. The van der Waals surface area contributed by atoms with E-state index in [-0.39, 0.29) is 11.9 Å². The van der Waals surface area contributed by atoms with E-state index in [4.69, 9.17) is 4.74 Å². The number of amides is 1. The van der Waals surface area contributed by atoms with Crippen molar-refractivity contribution >= 4 is 11.9 Å². The molecule has 0 spiro atoms. The Morgan fingerprint density at radius 2 is 1.83 bits per heavy atom. The van der Waals surface area contributed by atoms with Crippen LogP contribution in [-0.4, -0.2) is 59.3 Å². The van der Waals surface area contributed by atoms with Gasteiger partial charge in [0.1, 0.15) is 0 Å². The Morgan fingerprint density at radius 3 is 2.45 bits per heavy atom. The molecule has 0 saturated carbocycles. The first-order valence-electron chi connectivity index (χ1n) is 10.9. The summed E-state index contributed by atoms with van der Waals surface area (Å²) in [6, 6.07) is 7.33. The molecule has 1 aliphatic rings. The number of unbranched alkanes of at least 4 members (excludes halogenated alkanes) is 1. The van der Waals surface area contributed by atoms with E-state index < -0.39 is 5.60 Å². The largest absolute Gasteiger partial charge is 0.465 e. The number of hydrazine groups is 1. The molecule has 0 aliphatic carbocycles. The highest BCUT2D eigenvalue weighted by molar-refractivity contribution is 5.89. The minimum absolute atomic E-state index is 0.160. The van der Waals surface area contributed by atoms with E-state index in [1.165, 1.54) is 7.11 Å². The molecular weight excluding hydrogens is 368 g/mol. The standard InChI is InChI=1S/C23H36N2O4/c1-4-6-14-23(28,5-2)15-7-16-24-17-13-21(26)25(24)18-12-19-8-10-20(11-9-19)22(27)29-3/h8-11,28H,4-7,12-18H2,1-3H3. The highest BCUT2D eigenvalue weighted by atomic mass is 16.5. The van der Waals surface area contributed by atoms with E-state index in [0.717, 1.165) is 63.6 Å². The first-order chi connectivity index (χ1) is 13.9. The molecule has 1 fully saturated rings. The van der Waals surface area contributed by atoms with Crippen molar-refractivity contribution in [3.63, 3.8) is 0 Å². The predicted molar refractivity (Wildman–Crippen MR) is 113 cm³/mol. The van der Waals surface area contributed by atoms with Crippen molar-refractivity contribution in [2.45, 2.75) is 70.8 Å². The summed E-state index contributed by atoms with van der Waals surface area (Å²) in [5.74, 6) is -0.184. The van der Waals surface area contributed by atoms with Crippen LogP contribution in [0.2, 0.25) is 0 Å². The molecule has 6 nitrogen and oxygen atoms in total. The van der Waals surface area contributed by atoms with Gasteiger partial charge in [0.25, 0.3) is 0 Å². The van der Waals surface area contributed by atoms with E-state index in [1.54, 1.807) is 12.1 Å². The molecule has 1 aromatic carbocycles. The van der Waals surface area contributed by atoms with Crippen LogP contribution in [0.25, 0.3) is 0 Å². The van der Waals surface area contributed by atoms with Gasteiger partial charge in [0.2, 0.25) is 5.91 Å². The number of benzene rings is 1. The Bertz CT molecular complexity index is 661. The fraction of sp³-hybridized carbons (Fsp3) is 0.652. The number of methoxy groups -OCH3 is 1. The first kappa shape index (κ1) is 23.4. The number of aliphatic hydroxyl groups is 1. The third-order valence-corrected chi connectivity index (χ3v) is 5.91. The van der Waals surface area contributed by atoms with Crippen LogP contribution in [-0.2, 0) is 16.0 Å². The summed E-state index contributed by atoms with van der Waals surface area (Å²) in [5.41, 5.74) is 1.03. The van der Waals surface area contributed by atoms with Gasteiger partial charge in [-0.15, -0.1) is 0 Å². The molecule has 0 aromatic heterocycles. The van der Waals surface area contributed by atoms with Gasteiger partial charge >= 0.3 is 5.97 Å². The highest BCUT2D eigenvalue weighted by Gasteiger charge is 2.29. The van der Waals surface area contributed by atoms with Crippen molar-refractivity contribution in [1.29, 1.82) is 0 Å². The SMILES string of the molecule is CCCCC(O)(CC)CCCN1CCC(=O)N1CCc1ccc(C(=O)OC)cc1. The molecule has 1 unspecified atom stereocenters. The molecule has 0 bridgehead atoms. The van der Waals surface area contributed by atoms with Gasteiger partial charge in [-0.25, -0.2) is 9.80 Å². The fourth-order valence-electron chi connectivity index (χ4n) is 3.87. The van der Waals surface area contributed by atoms with Crippen molar-refractivity contribution in [1.82, 2.24) is 10.0 Å². The maximum Gasteiger partial charge on any atom is 0.337 e. The molecular formula is C23H36N2O4. The Morgan fingerprint density at radius 1 is 1.14 bits per heavy atom. The topological polar surface area (TPSA) is 70.1 Å². The highest BCUT2D eigenvalue weighted by Crippen LogP contribution is 2.25. The van der Waals surface area contributed by atoms with Crippen molar-refractivity contribution in [3.8, 4) is 0 Å². The predicted octanol–water partition coefficient (Wildman–Crippen LogP) is 3.58. The maximum absolute atomic E-state index is 12.3. The minimum Gasteiger partial charge on any atom is -0.465 e. The van der Waals surface area contributed by atoms with Crippen LogP contribution in [0.4, 0.5) is 0 Å². The van der Waals surface area contributed by atoms with Gasteiger partial charge in [-0.3, -0.25) is 9.80 Å². The number of rotatable bonds is 12. The summed E-state index contributed by atoms with van der Waals surface area (Å²) >= 11 is 0. The van der Waals surface area contributed by atoms with E-state index in [2.05, 4.69) is 11.9 Å². The lowest BCUT2D eigenvalue weighted by atomic mass is 9.89. The molecule has 6 heteroatoms. The van der Waals surface area contributed by atoms with E-state index in [0.29, 0.717) is 18.5 Å². The zero-order chi connectivity index (χ0) is 21.3. The second kappa shape index (κ2) is 11.3. The summed E-state index contributed by atoms with van der Waals surface area (Å²) in [6.45, 7) is 6.37. The Hall–Kier alpha value is -1.92. The van der Waals surface area contributed by atoms with Crippen LogP contribution >= 0.6 is 0 Å². The molecule has 1 N–H and O–H groups in total. The normalized spacial score (nSPS) is 16.8. The Labute approximate surface area is 174 Å². The fourth-order valence-corrected chi connectivity index (χ4v) is 3.87. The third-order valence-electron chi connectivity index (χ3n) is 5.91. The molecule has 0 radical (unpaired) electrons. The molecule has 1 aromatic rings. The zero-order valence-electron chi connectivity index (χ0n) is 18.2. The van der Waals surface area contributed by atoms with E-state index >= 15 is 0 Å². The maximum atomic E-state index is 12.3. The second-order valence-corrected chi connectivity index (χ2v) is 7.94. The van der Waals surface area contributed by atoms with Gasteiger partial charge in [0.15, 0.2) is 0 Å². The van der Waals surface area contributed by atoms with Crippen LogP contribution in [0.15, 0.2) is 24.3 Å². The van der Waals surface area contributed by atoms with Gasteiger partial charge in [0, 0.05) is 26.1 Å². The van der Waals surface area contributed by atoms with Crippen molar-refractivity contribution < 1.29 is 19.4 Å². The lowest BCUT2D eigenvalue weighted by Crippen LogP contribution is -2.41. The van der Waals surface area contributed by atoms with Crippen LogP contribution in [0.1, 0.15) is 74.7 Å². The molecule has 2 rings (SSSR count). The molecule has 1 atom stereocenters. The van der Waals surface area contributed by atoms with Crippen LogP contribution in [0.5, 0.6) is 0 Å². The molecule has 29 heavy (non-hydrogen) atoms. The van der Waals surface area contributed by atoms with E-state index in [9.17, 15) is 14.7 Å². The minimum atomic E-state index is -0.577. The molecule has 1 aliphatic heterocycles. The number of nitrogens with zero attached hydrogens (tertiary/aromatic N) is 2. The van der Waals surface area contributed by atoms with Crippen LogP contribution in [0, 0.1) is 0 Å². The zero-order valence-corrected chi connectivity index (χ0v) is 18.2. The van der Waals surface area contributed by atoms with Gasteiger partial charge in [-0.1, -0.05) is 38.8 Å². The van der Waals surface area contributed by atoms with Crippen LogP contribution in [0.3, 0.4) is 0 Å². The number of hydrogen-bond donors (Lipinski definition) is 1. The van der Waals surface area contributed by atoms with Crippen molar-refractivity contribution in [3.05, 3.63) is 35.4 Å². The summed E-state index contributed by atoms with van der Waals surface area (Å²) in [5, 5.41) is 14.7. The van der Waals surface area contributed by atoms with E-state index in [1.807, 2.05) is 24.1 Å². The van der Waals surface area contributed by atoms with Crippen LogP contribution < -0.4 is 0 Å². The van der Waals surface area contributed by atoms with Gasteiger partial charge in [0.05, 0.1) is 18.3 Å². The Balaban J connectivity index is 1.84. The summed E-state index contributed by atoms with van der Waals surface area (Å²) in [4.78, 5) is 23.8. The van der Waals surface area contributed by atoms with Crippen molar-refractivity contribution in [2.24, 2.45) is 0 Å². The smallest absolute Gasteiger partial charge is 0.337 e. The number of carbonyl (C=O) groups is 2. The lowest BCUT2D eigenvalue weighted by molar-refractivity contribution is -0.138. The average molecular weight is 405 g/mol. The average Bonchev–Trinajstić information content (AvgIpc) is 3.10. The van der Waals surface area contributed by atoms with Gasteiger partial charge < -0.3 is 9.84 Å². The number of esters is 1. The van der Waals surface area contributed by atoms with Gasteiger partial charge in [-0.05, 0) is 49.8 Å². The quantitative estimate of drug-likeness (QED) is 0.539. The Kier molecular flexibility index (Phi) is 9.11. The third kappa shape index (κ3) is 6.82. The molecule has 1 heterocycles. The summed E-state index contributed by atoms with van der Waals surface area (Å²) in [7, 11) is 1.37. The number of carbonyl (C=O) groups excluding carboxylic acids is 2. The monoisotopic (exact) mass is 404 g/mol. The summed E-state index contributed by atoms with van der Waals surface area (Å²) in [6.07, 6.45) is 6.71.